The number of aryl methyl sites for hydroxylation is 1. The first-order chi connectivity index (χ1) is 9.76. The maximum absolute atomic E-state index is 12.4. The predicted molar refractivity (Wildman–Crippen MR) is 72.9 cm³/mol. The minimum Gasteiger partial charge on any atom is -0.404 e. The molecule has 0 aliphatic heterocycles. The number of alkyl halides is 3. The van der Waals surface area contributed by atoms with Crippen molar-refractivity contribution in [1.82, 2.24) is 9.97 Å². The van der Waals surface area contributed by atoms with Crippen molar-refractivity contribution in [3.05, 3.63) is 40.8 Å². The second-order valence-electron chi connectivity index (χ2n) is 4.20. The molecule has 0 unspecified atom stereocenters. The van der Waals surface area contributed by atoms with Crippen LogP contribution in [0.15, 0.2) is 24.3 Å². The fraction of sp³-hybridized carbons (Fsp3) is 0.231. The highest BCUT2D eigenvalue weighted by Crippen LogP contribution is 2.33. The summed E-state index contributed by atoms with van der Waals surface area (Å²) in [5.41, 5.74) is 0.663. The molecule has 2 rings (SSSR count). The molecule has 0 aliphatic carbocycles. The molecule has 1 aromatic carbocycles. The van der Waals surface area contributed by atoms with E-state index in [1.165, 1.54) is 18.2 Å². The maximum atomic E-state index is 12.4. The number of para-hydroxylation sites is 2. The number of nitrogens with one attached hydrogen (secondary N) is 1. The Balaban J connectivity index is 2.36. The molecular weight excluding hydrogens is 307 g/mol. The van der Waals surface area contributed by atoms with Gasteiger partial charge in [-0.1, -0.05) is 23.7 Å². The molecule has 0 amide bonds. The van der Waals surface area contributed by atoms with Gasteiger partial charge in [-0.3, -0.25) is 0 Å². The Labute approximate surface area is 123 Å². The Morgan fingerprint density at radius 3 is 2.48 bits per heavy atom. The fourth-order valence-corrected chi connectivity index (χ4v) is 1.84. The van der Waals surface area contributed by atoms with Crippen LogP contribution in [0.3, 0.4) is 0 Å². The number of rotatable bonds is 3. The number of halogens is 4. The number of ether oxygens (including phenoxy) is 1. The lowest BCUT2D eigenvalue weighted by Gasteiger charge is -2.15. The summed E-state index contributed by atoms with van der Waals surface area (Å²) in [5.74, 6) is 0.379. The summed E-state index contributed by atoms with van der Waals surface area (Å²) in [6, 6.07) is 5.68. The highest BCUT2D eigenvalue weighted by atomic mass is 35.5. The van der Waals surface area contributed by atoms with Gasteiger partial charge in [-0.2, -0.15) is 0 Å². The van der Waals surface area contributed by atoms with E-state index in [1.54, 1.807) is 19.9 Å². The van der Waals surface area contributed by atoms with Gasteiger partial charge in [0.1, 0.15) is 16.8 Å². The van der Waals surface area contributed by atoms with E-state index >= 15 is 0 Å². The molecule has 0 atom stereocenters. The highest BCUT2D eigenvalue weighted by molar-refractivity contribution is 6.30. The van der Waals surface area contributed by atoms with E-state index in [2.05, 4.69) is 20.0 Å². The molecule has 0 aliphatic rings. The van der Waals surface area contributed by atoms with Gasteiger partial charge < -0.3 is 10.1 Å². The smallest absolute Gasteiger partial charge is 0.404 e. The monoisotopic (exact) mass is 317 g/mol. The zero-order chi connectivity index (χ0) is 15.6. The average Bonchev–Trinajstić information content (AvgIpc) is 2.36. The van der Waals surface area contributed by atoms with Crippen molar-refractivity contribution < 1.29 is 17.9 Å². The van der Waals surface area contributed by atoms with Crippen LogP contribution >= 0.6 is 11.6 Å². The second kappa shape index (κ2) is 5.77. The summed E-state index contributed by atoms with van der Waals surface area (Å²) < 4.78 is 41.1. The fourth-order valence-electron chi connectivity index (χ4n) is 1.63. The molecular formula is C13H11ClF3N3O. The van der Waals surface area contributed by atoms with Crippen LogP contribution in [0.1, 0.15) is 11.4 Å². The Bertz CT molecular complexity index is 662. The Hall–Kier alpha value is -2.02. The first kappa shape index (κ1) is 15.4. The van der Waals surface area contributed by atoms with Crippen molar-refractivity contribution in [3.63, 3.8) is 0 Å². The molecule has 21 heavy (non-hydrogen) atoms. The zero-order valence-corrected chi connectivity index (χ0v) is 11.9. The molecule has 0 bridgehead atoms. The molecule has 0 radical (unpaired) electrons. The van der Waals surface area contributed by atoms with Crippen LogP contribution in [0.2, 0.25) is 5.15 Å². The molecule has 0 saturated heterocycles. The zero-order valence-electron chi connectivity index (χ0n) is 11.1. The van der Waals surface area contributed by atoms with Crippen LogP contribution in [-0.2, 0) is 0 Å². The van der Waals surface area contributed by atoms with Crippen molar-refractivity contribution in [3.8, 4) is 5.75 Å². The second-order valence-corrected chi connectivity index (χ2v) is 4.56. The third-order valence-corrected chi connectivity index (χ3v) is 2.93. The molecule has 4 nitrogen and oxygen atoms in total. The molecule has 1 aromatic heterocycles. The van der Waals surface area contributed by atoms with Gasteiger partial charge in [0.25, 0.3) is 0 Å². The van der Waals surface area contributed by atoms with Crippen molar-refractivity contribution in [2.24, 2.45) is 0 Å². The predicted octanol–water partition coefficient (Wildman–Crippen LogP) is 4.39. The lowest BCUT2D eigenvalue weighted by atomic mass is 10.2. The molecule has 0 saturated carbocycles. The quantitative estimate of drug-likeness (QED) is 0.853. The lowest BCUT2D eigenvalue weighted by molar-refractivity contribution is -0.274. The van der Waals surface area contributed by atoms with Crippen molar-refractivity contribution >= 4 is 23.1 Å². The molecule has 0 fully saturated rings. The summed E-state index contributed by atoms with van der Waals surface area (Å²) in [4.78, 5) is 8.08. The number of benzene rings is 1. The average molecular weight is 318 g/mol. The molecule has 0 spiro atoms. The van der Waals surface area contributed by atoms with Crippen molar-refractivity contribution in [2.45, 2.75) is 20.2 Å². The van der Waals surface area contributed by atoms with Gasteiger partial charge in [-0.25, -0.2) is 9.97 Å². The van der Waals surface area contributed by atoms with Gasteiger partial charge >= 0.3 is 6.36 Å². The van der Waals surface area contributed by atoms with Crippen LogP contribution < -0.4 is 10.1 Å². The summed E-state index contributed by atoms with van der Waals surface area (Å²) >= 11 is 5.93. The topological polar surface area (TPSA) is 47.0 Å². The van der Waals surface area contributed by atoms with Crippen molar-refractivity contribution in [1.29, 1.82) is 0 Å². The summed E-state index contributed by atoms with van der Waals surface area (Å²) in [5, 5.41) is 3.02. The number of hydrogen-bond acceptors (Lipinski definition) is 4. The van der Waals surface area contributed by atoms with Crippen LogP contribution in [0.4, 0.5) is 24.7 Å². The highest BCUT2D eigenvalue weighted by Gasteiger charge is 2.32. The van der Waals surface area contributed by atoms with Gasteiger partial charge in [0, 0.05) is 5.56 Å². The van der Waals surface area contributed by atoms with E-state index in [1.807, 2.05) is 0 Å². The van der Waals surface area contributed by atoms with Gasteiger partial charge in [0.15, 0.2) is 5.75 Å². The first-order valence-electron chi connectivity index (χ1n) is 5.89. The van der Waals surface area contributed by atoms with E-state index in [4.69, 9.17) is 11.6 Å². The summed E-state index contributed by atoms with van der Waals surface area (Å²) in [6.07, 6.45) is -4.77. The van der Waals surface area contributed by atoms with E-state index in [9.17, 15) is 13.2 Å². The van der Waals surface area contributed by atoms with Gasteiger partial charge in [0.05, 0.1) is 5.69 Å². The Morgan fingerprint density at radius 1 is 1.14 bits per heavy atom. The minimum atomic E-state index is -4.77. The lowest BCUT2D eigenvalue weighted by Crippen LogP contribution is -2.18. The largest absolute Gasteiger partial charge is 0.573 e. The van der Waals surface area contributed by atoms with Gasteiger partial charge in [0.2, 0.25) is 0 Å². The van der Waals surface area contributed by atoms with Gasteiger partial charge in [-0.05, 0) is 26.0 Å². The molecule has 112 valence electrons. The normalized spacial score (nSPS) is 11.3. The van der Waals surface area contributed by atoms with E-state index < -0.39 is 6.36 Å². The van der Waals surface area contributed by atoms with Crippen molar-refractivity contribution in [2.75, 3.05) is 5.32 Å². The van der Waals surface area contributed by atoms with Crippen LogP contribution in [0, 0.1) is 13.8 Å². The Morgan fingerprint density at radius 2 is 1.81 bits per heavy atom. The molecule has 8 heteroatoms. The van der Waals surface area contributed by atoms with E-state index in [-0.39, 0.29) is 16.6 Å². The number of aromatic nitrogens is 2. The third-order valence-electron chi connectivity index (χ3n) is 2.56. The van der Waals surface area contributed by atoms with E-state index in [0.29, 0.717) is 17.2 Å². The molecule has 2 aromatic rings. The number of nitrogens with zero attached hydrogens (tertiary/aromatic N) is 2. The minimum absolute atomic E-state index is 0.132. The molecule has 1 heterocycles. The Kier molecular flexibility index (Phi) is 4.22. The summed E-state index contributed by atoms with van der Waals surface area (Å²) in [7, 11) is 0. The van der Waals surface area contributed by atoms with E-state index in [0.717, 1.165) is 0 Å². The third kappa shape index (κ3) is 3.98. The van der Waals surface area contributed by atoms with Crippen LogP contribution in [0.5, 0.6) is 5.75 Å². The van der Waals surface area contributed by atoms with Crippen LogP contribution in [0.25, 0.3) is 0 Å². The van der Waals surface area contributed by atoms with Crippen LogP contribution in [-0.4, -0.2) is 16.3 Å². The summed E-state index contributed by atoms with van der Waals surface area (Å²) in [6.45, 7) is 3.30. The number of anilines is 2. The maximum Gasteiger partial charge on any atom is 0.573 e. The first-order valence-corrected chi connectivity index (χ1v) is 6.26. The number of hydrogen-bond donors (Lipinski definition) is 1. The SMILES string of the molecule is Cc1nc(Cl)c(C)c(Nc2ccccc2OC(F)(F)F)n1. The standard InChI is InChI=1S/C13H11ClF3N3O/c1-7-11(14)18-8(2)19-12(7)20-9-5-3-4-6-10(9)21-13(15,16)17/h3-6H,1-2H3,(H,18,19,20). The molecule has 1 N–H and O–H groups in total. The van der Waals surface area contributed by atoms with Gasteiger partial charge in [-0.15, -0.1) is 13.2 Å².